The van der Waals surface area contributed by atoms with Crippen molar-refractivity contribution >= 4 is 22.6 Å². The summed E-state index contributed by atoms with van der Waals surface area (Å²) in [5, 5.41) is 3.20. The SMILES string of the molecule is CC(C)c1cc(=O)oc2cc(OCC(=O)Nc3ccc(F)c(F)c3)ccc12. The van der Waals surface area contributed by atoms with Crippen LogP contribution in [0.15, 0.2) is 51.7 Å². The molecule has 140 valence electrons. The standard InChI is InChI=1S/C20H17F2NO4/c1-11(2)15-9-20(25)27-18-8-13(4-5-14(15)18)26-10-19(24)23-12-3-6-16(21)17(22)7-12/h3-9,11H,10H2,1-2H3,(H,23,24). The molecule has 3 rings (SSSR count). The number of halogens is 2. The van der Waals surface area contributed by atoms with Crippen LogP contribution in [0.2, 0.25) is 0 Å². The number of anilines is 1. The van der Waals surface area contributed by atoms with E-state index in [9.17, 15) is 18.4 Å². The summed E-state index contributed by atoms with van der Waals surface area (Å²) in [7, 11) is 0. The van der Waals surface area contributed by atoms with Crippen LogP contribution in [0.4, 0.5) is 14.5 Å². The van der Waals surface area contributed by atoms with E-state index in [2.05, 4.69) is 5.32 Å². The summed E-state index contributed by atoms with van der Waals surface area (Å²) in [5.74, 6) is -2.11. The molecule has 0 saturated heterocycles. The van der Waals surface area contributed by atoms with Gasteiger partial charge in [-0.05, 0) is 35.7 Å². The molecule has 1 N–H and O–H groups in total. The predicted octanol–water partition coefficient (Wildman–Crippen LogP) is 4.21. The van der Waals surface area contributed by atoms with E-state index >= 15 is 0 Å². The van der Waals surface area contributed by atoms with Gasteiger partial charge >= 0.3 is 5.63 Å². The summed E-state index contributed by atoms with van der Waals surface area (Å²) in [4.78, 5) is 23.6. The number of nitrogens with one attached hydrogen (secondary N) is 1. The Balaban J connectivity index is 1.72. The second kappa shape index (κ2) is 7.57. The van der Waals surface area contributed by atoms with Crippen LogP contribution in [0.3, 0.4) is 0 Å². The van der Waals surface area contributed by atoms with Crippen LogP contribution in [-0.4, -0.2) is 12.5 Å². The minimum absolute atomic E-state index is 0.119. The number of rotatable bonds is 5. The summed E-state index contributed by atoms with van der Waals surface area (Å²) in [6.45, 7) is 3.60. The molecular formula is C20H17F2NO4. The van der Waals surface area contributed by atoms with Gasteiger partial charge in [0.25, 0.3) is 5.91 Å². The topological polar surface area (TPSA) is 68.5 Å². The largest absolute Gasteiger partial charge is 0.484 e. The summed E-state index contributed by atoms with van der Waals surface area (Å²) in [6, 6.07) is 9.47. The van der Waals surface area contributed by atoms with Crippen molar-refractivity contribution in [1.82, 2.24) is 0 Å². The minimum atomic E-state index is -1.06. The first kappa shape index (κ1) is 18.6. The molecule has 0 radical (unpaired) electrons. The molecule has 1 aromatic heterocycles. The van der Waals surface area contributed by atoms with Gasteiger partial charge in [0.1, 0.15) is 11.3 Å². The Hall–Kier alpha value is -3.22. The maximum Gasteiger partial charge on any atom is 0.336 e. The predicted molar refractivity (Wildman–Crippen MR) is 97.1 cm³/mol. The molecule has 0 spiro atoms. The van der Waals surface area contributed by atoms with Crippen molar-refractivity contribution in [2.75, 3.05) is 11.9 Å². The zero-order chi connectivity index (χ0) is 19.6. The molecule has 1 heterocycles. The summed E-state index contributed by atoms with van der Waals surface area (Å²) in [5.41, 5.74) is 0.890. The lowest BCUT2D eigenvalue weighted by Gasteiger charge is -2.11. The third kappa shape index (κ3) is 4.31. The van der Waals surface area contributed by atoms with Gasteiger partial charge in [0, 0.05) is 29.3 Å². The Kier molecular flexibility index (Phi) is 5.21. The fourth-order valence-electron chi connectivity index (χ4n) is 2.66. The van der Waals surface area contributed by atoms with E-state index in [1.165, 1.54) is 18.2 Å². The first-order chi connectivity index (χ1) is 12.8. The van der Waals surface area contributed by atoms with E-state index in [0.717, 1.165) is 23.1 Å². The van der Waals surface area contributed by atoms with Gasteiger partial charge in [0.2, 0.25) is 0 Å². The molecular weight excluding hydrogens is 356 g/mol. The van der Waals surface area contributed by atoms with Crippen molar-refractivity contribution in [2.24, 2.45) is 0 Å². The molecule has 5 nitrogen and oxygen atoms in total. The van der Waals surface area contributed by atoms with Gasteiger partial charge in [-0.15, -0.1) is 0 Å². The lowest BCUT2D eigenvalue weighted by atomic mass is 10.00. The van der Waals surface area contributed by atoms with Gasteiger partial charge in [-0.25, -0.2) is 13.6 Å². The third-order valence-electron chi connectivity index (χ3n) is 3.94. The molecule has 0 aliphatic heterocycles. The fourth-order valence-corrected chi connectivity index (χ4v) is 2.66. The lowest BCUT2D eigenvalue weighted by Crippen LogP contribution is -2.20. The number of benzene rings is 2. The Morgan fingerprint density at radius 3 is 2.59 bits per heavy atom. The molecule has 7 heteroatoms. The lowest BCUT2D eigenvalue weighted by molar-refractivity contribution is -0.118. The van der Waals surface area contributed by atoms with Crippen LogP contribution in [0, 0.1) is 11.6 Å². The van der Waals surface area contributed by atoms with Crippen LogP contribution >= 0.6 is 0 Å². The quantitative estimate of drug-likeness (QED) is 0.680. The molecule has 0 bridgehead atoms. The van der Waals surface area contributed by atoms with Crippen molar-refractivity contribution in [1.29, 1.82) is 0 Å². The second-order valence-corrected chi connectivity index (χ2v) is 6.30. The molecule has 0 fully saturated rings. The zero-order valence-electron chi connectivity index (χ0n) is 14.7. The molecule has 0 atom stereocenters. The van der Waals surface area contributed by atoms with Gasteiger partial charge in [0.05, 0.1) is 0 Å². The van der Waals surface area contributed by atoms with Gasteiger partial charge < -0.3 is 14.5 Å². The van der Waals surface area contributed by atoms with Crippen LogP contribution in [0.1, 0.15) is 25.3 Å². The number of carbonyl (C=O) groups excluding carboxylic acids is 1. The zero-order valence-corrected chi connectivity index (χ0v) is 14.7. The summed E-state index contributed by atoms with van der Waals surface area (Å²) < 4.78 is 36.7. The maximum atomic E-state index is 13.2. The highest BCUT2D eigenvalue weighted by Gasteiger charge is 2.11. The highest BCUT2D eigenvalue weighted by molar-refractivity contribution is 5.92. The van der Waals surface area contributed by atoms with Crippen LogP contribution < -0.4 is 15.7 Å². The van der Waals surface area contributed by atoms with E-state index in [1.54, 1.807) is 12.1 Å². The Bertz CT molecular complexity index is 1060. The van der Waals surface area contributed by atoms with E-state index in [4.69, 9.17) is 9.15 Å². The molecule has 0 aliphatic rings. The number of fused-ring (bicyclic) bond motifs is 1. The van der Waals surface area contributed by atoms with Crippen molar-refractivity contribution in [2.45, 2.75) is 19.8 Å². The maximum absolute atomic E-state index is 13.2. The first-order valence-electron chi connectivity index (χ1n) is 8.29. The van der Waals surface area contributed by atoms with Crippen molar-refractivity contribution in [3.05, 3.63) is 70.1 Å². The Morgan fingerprint density at radius 1 is 1.11 bits per heavy atom. The highest BCUT2D eigenvalue weighted by atomic mass is 19.2. The molecule has 27 heavy (non-hydrogen) atoms. The van der Waals surface area contributed by atoms with Gasteiger partial charge in [-0.2, -0.15) is 0 Å². The monoisotopic (exact) mass is 373 g/mol. The highest BCUT2D eigenvalue weighted by Crippen LogP contribution is 2.27. The molecule has 1 amide bonds. The van der Waals surface area contributed by atoms with Crippen molar-refractivity contribution < 1.29 is 22.7 Å². The van der Waals surface area contributed by atoms with Crippen LogP contribution in [0.25, 0.3) is 11.0 Å². The molecule has 3 aromatic rings. The van der Waals surface area contributed by atoms with Gasteiger partial charge in [-0.3, -0.25) is 4.79 Å². The van der Waals surface area contributed by atoms with Gasteiger partial charge in [-0.1, -0.05) is 13.8 Å². The minimum Gasteiger partial charge on any atom is -0.484 e. The Morgan fingerprint density at radius 2 is 1.89 bits per heavy atom. The Labute approximate surface area is 153 Å². The molecule has 0 unspecified atom stereocenters. The normalized spacial score (nSPS) is 11.0. The van der Waals surface area contributed by atoms with Crippen molar-refractivity contribution in [3.63, 3.8) is 0 Å². The van der Waals surface area contributed by atoms with E-state index in [-0.39, 0.29) is 18.2 Å². The average Bonchev–Trinajstić information content (AvgIpc) is 2.62. The van der Waals surface area contributed by atoms with E-state index in [0.29, 0.717) is 11.3 Å². The van der Waals surface area contributed by atoms with Crippen LogP contribution in [-0.2, 0) is 4.79 Å². The van der Waals surface area contributed by atoms with Crippen molar-refractivity contribution in [3.8, 4) is 5.75 Å². The average molecular weight is 373 g/mol. The first-order valence-corrected chi connectivity index (χ1v) is 8.29. The third-order valence-corrected chi connectivity index (χ3v) is 3.94. The fraction of sp³-hybridized carbons (Fsp3) is 0.200. The number of carbonyl (C=O) groups is 1. The number of hydrogen-bond acceptors (Lipinski definition) is 4. The van der Waals surface area contributed by atoms with Crippen LogP contribution in [0.5, 0.6) is 5.75 Å². The van der Waals surface area contributed by atoms with E-state index < -0.39 is 23.2 Å². The second-order valence-electron chi connectivity index (χ2n) is 6.30. The molecule has 0 aliphatic carbocycles. The van der Waals surface area contributed by atoms with Gasteiger partial charge in [0.15, 0.2) is 18.2 Å². The number of amides is 1. The summed E-state index contributed by atoms with van der Waals surface area (Å²) in [6.07, 6.45) is 0. The smallest absolute Gasteiger partial charge is 0.336 e. The molecule has 2 aromatic carbocycles. The summed E-state index contributed by atoms with van der Waals surface area (Å²) >= 11 is 0. The number of ether oxygens (including phenoxy) is 1. The number of hydrogen-bond donors (Lipinski definition) is 1. The van der Waals surface area contributed by atoms with E-state index in [1.807, 2.05) is 13.8 Å². The molecule has 0 saturated carbocycles.